The fraction of sp³-hybridized carbons (Fsp3) is 0.292. The predicted molar refractivity (Wildman–Crippen MR) is 276 cm³/mol. The van der Waals surface area contributed by atoms with Gasteiger partial charge in [-0.05, 0) is 87.4 Å². The highest BCUT2D eigenvalue weighted by atomic mass is 79.9. The lowest BCUT2D eigenvalue weighted by atomic mass is 10.1. The molecule has 4 aromatic carbocycles. The van der Waals surface area contributed by atoms with Crippen molar-refractivity contribution in [2.45, 2.75) is 39.9 Å². The quantitative estimate of drug-likeness (QED) is 0.0213. The second-order valence-electron chi connectivity index (χ2n) is 16.3. The smallest absolute Gasteiger partial charge is 0.346 e. The first-order valence-corrected chi connectivity index (χ1v) is 27.7. The number of benzene rings is 4. The maximum absolute atomic E-state index is 13.3. The van der Waals surface area contributed by atoms with E-state index in [2.05, 4.69) is 52.0 Å². The van der Waals surface area contributed by atoms with Crippen LogP contribution in [0.4, 0.5) is 11.4 Å². The number of ether oxygens (including phenoxy) is 2. The van der Waals surface area contributed by atoms with Gasteiger partial charge in [0, 0.05) is 73.2 Å². The van der Waals surface area contributed by atoms with E-state index in [-0.39, 0.29) is 22.9 Å². The number of aromatic nitrogens is 2. The van der Waals surface area contributed by atoms with E-state index in [9.17, 15) is 29.4 Å². The highest BCUT2D eigenvalue weighted by Gasteiger charge is 2.50. The fourth-order valence-electron chi connectivity index (χ4n) is 6.92. The van der Waals surface area contributed by atoms with E-state index in [1.807, 2.05) is 77.8 Å². The number of nitrogens with zero attached hydrogens (tertiary/aromatic N) is 6. The van der Waals surface area contributed by atoms with Gasteiger partial charge in [-0.25, -0.2) is 19.5 Å². The summed E-state index contributed by atoms with van der Waals surface area (Å²) in [5.74, 6) is 0.845. The molecule has 2 atom stereocenters. The van der Waals surface area contributed by atoms with E-state index >= 15 is 0 Å². The Hall–Kier alpha value is -5.24. The predicted octanol–water partition coefficient (Wildman–Crippen LogP) is 12.5. The summed E-state index contributed by atoms with van der Waals surface area (Å²) in [7, 11) is -6.40. The number of halogens is 2. The number of pyridine rings is 2. The van der Waals surface area contributed by atoms with Gasteiger partial charge in [-0.15, -0.1) is 0 Å². The monoisotopic (exact) mass is 1120 g/mol. The van der Waals surface area contributed by atoms with Gasteiger partial charge in [-0.3, -0.25) is 48.4 Å². The van der Waals surface area contributed by atoms with Crippen LogP contribution in [0, 0.1) is 34.1 Å². The molecule has 2 aliphatic heterocycles. The molecule has 8 rings (SSSR count). The fourth-order valence-corrected chi connectivity index (χ4v) is 11.9. The molecule has 22 heteroatoms. The minimum absolute atomic E-state index is 0.0366. The Morgan fingerprint density at radius 3 is 1.36 bits per heavy atom. The summed E-state index contributed by atoms with van der Waals surface area (Å²) < 4.78 is 53.8. The Labute approximate surface area is 422 Å². The summed E-state index contributed by atoms with van der Waals surface area (Å²) in [6.45, 7) is 11.4. The van der Waals surface area contributed by atoms with Crippen molar-refractivity contribution in [3.63, 3.8) is 0 Å². The van der Waals surface area contributed by atoms with E-state index in [4.69, 9.17) is 18.5 Å². The number of nitro groups is 2. The Balaban J connectivity index is 0.000000206. The third-order valence-electron chi connectivity index (χ3n) is 10.9. The van der Waals surface area contributed by atoms with Gasteiger partial charge in [0.15, 0.2) is 0 Å². The first kappa shape index (κ1) is 52.6. The number of aryl methyl sites for hydroxylation is 2. The number of hydrogen-bond acceptors (Lipinski definition) is 12. The minimum Gasteiger partial charge on any atom is -0.448 e. The van der Waals surface area contributed by atoms with Crippen LogP contribution < -0.4 is 19.6 Å². The summed E-state index contributed by atoms with van der Waals surface area (Å²) >= 11 is 6.61. The van der Waals surface area contributed by atoms with Gasteiger partial charge in [-0.1, -0.05) is 91.5 Å². The number of hydrogen-bond donors (Lipinski definition) is 2. The Morgan fingerprint density at radius 2 is 1.01 bits per heavy atom. The van der Waals surface area contributed by atoms with E-state index in [0.717, 1.165) is 59.8 Å². The Kier molecular flexibility index (Phi) is 17.9. The SMILES string of the molecule is Cc1ccc(-c2ccc(Oc3cc(C(C)OP(=O)(N4CC4)N4CC4)ccc3[N+](=O)[O-])cn2)cc1.Cc1ccc(-c2ccc(Oc3cc(C(C)OP(=O)(NCCBr)NCCBr)ccc3[N+](=O)[O-])cn2)cc1. The average Bonchev–Trinajstić information content (AvgIpc) is 4.29. The summed E-state index contributed by atoms with van der Waals surface area (Å²) in [5, 5.41) is 30.2. The molecule has 2 aromatic heterocycles. The van der Waals surface area contributed by atoms with Crippen LogP contribution in [0.25, 0.3) is 22.5 Å². The van der Waals surface area contributed by atoms with Gasteiger partial charge in [-0.2, -0.15) is 0 Å². The summed E-state index contributed by atoms with van der Waals surface area (Å²) in [4.78, 5) is 31.1. The lowest BCUT2D eigenvalue weighted by molar-refractivity contribution is -0.385. The first-order valence-electron chi connectivity index (χ1n) is 22.3. The zero-order valence-corrected chi connectivity index (χ0v) is 43.7. The molecule has 0 spiro atoms. The van der Waals surface area contributed by atoms with E-state index in [1.54, 1.807) is 56.4 Å². The maximum atomic E-state index is 13.3. The van der Waals surface area contributed by atoms with Crippen LogP contribution in [0.2, 0.25) is 0 Å². The molecular formula is C48H52Br2N8O10P2. The third kappa shape index (κ3) is 14.0. The van der Waals surface area contributed by atoms with Crippen molar-refractivity contribution in [1.82, 2.24) is 29.5 Å². The van der Waals surface area contributed by atoms with E-state index in [1.165, 1.54) is 24.4 Å². The second-order valence-corrected chi connectivity index (χ2v) is 22.2. The van der Waals surface area contributed by atoms with E-state index in [0.29, 0.717) is 46.4 Å². The zero-order valence-electron chi connectivity index (χ0n) is 38.8. The summed E-state index contributed by atoms with van der Waals surface area (Å²) in [6, 6.07) is 32.0. The molecule has 2 aliphatic rings. The van der Waals surface area contributed by atoms with Gasteiger partial charge in [0.05, 0.1) is 45.8 Å². The molecule has 2 saturated heterocycles. The number of nitrogens with one attached hydrogen (secondary N) is 2. The van der Waals surface area contributed by atoms with Crippen molar-refractivity contribution in [1.29, 1.82) is 0 Å². The molecule has 6 aromatic rings. The lowest BCUT2D eigenvalue weighted by Gasteiger charge is -2.24. The zero-order chi connectivity index (χ0) is 50.0. The van der Waals surface area contributed by atoms with Crippen molar-refractivity contribution >= 4 is 58.6 Å². The van der Waals surface area contributed by atoms with Crippen LogP contribution in [-0.2, 0) is 18.2 Å². The van der Waals surface area contributed by atoms with Crippen molar-refractivity contribution < 1.29 is 37.5 Å². The lowest BCUT2D eigenvalue weighted by Crippen LogP contribution is -2.27. The standard InChI is InChI=1S/C24H27Br2N4O5P.C24H25N4O5P/c1-17-3-5-19(6-4-17)22-9-8-21(16-27-22)34-24-15-20(7-10-23(24)30(31)32)18(2)35-36(33,28-13-11-25)29-14-12-26;1-17-3-5-19(6-4-17)22-9-8-21(16-25-22)32-24-15-20(7-10-23(24)28(29)30)18(2)33-34(31,26-11-12-26)27-13-14-27/h3-10,15-16,18H,11-14H2,1-2H3,(H2,28,29,33);3-10,15-16,18H,11-14H2,1-2H3. The van der Waals surface area contributed by atoms with Crippen molar-refractivity contribution in [2.75, 3.05) is 49.9 Å². The highest BCUT2D eigenvalue weighted by molar-refractivity contribution is 9.09. The highest BCUT2D eigenvalue weighted by Crippen LogP contribution is 2.63. The van der Waals surface area contributed by atoms with Crippen LogP contribution in [0.15, 0.2) is 122 Å². The maximum Gasteiger partial charge on any atom is 0.346 e. The molecule has 0 bridgehead atoms. The molecule has 2 unspecified atom stereocenters. The van der Waals surface area contributed by atoms with Gasteiger partial charge < -0.3 is 9.47 Å². The molecule has 0 amide bonds. The minimum atomic E-state index is -3.37. The number of alkyl halides is 2. The molecule has 0 radical (unpaired) electrons. The molecular weight excluding hydrogens is 1070 g/mol. The molecule has 0 saturated carbocycles. The van der Waals surface area contributed by atoms with E-state index < -0.39 is 37.4 Å². The van der Waals surface area contributed by atoms with Crippen LogP contribution in [0.5, 0.6) is 23.0 Å². The van der Waals surface area contributed by atoms with Crippen LogP contribution in [0.1, 0.15) is 48.3 Å². The van der Waals surface area contributed by atoms with Crippen molar-refractivity contribution in [2.24, 2.45) is 0 Å². The topological polar surface area (TPSA) is 213 Å². The third-order valence-corrected chi connectivity index (χ3v) is 16.4. The molecule has 18 nitrogen and oxygen atoms in total. The molecule has 4 heterocycles. The van der Waals surface area contributed by atoms with Crippen molar-refractivity contribution in [3.05, 3.63) is 164 Å². The first-order chi connectivity index (χ1) is 33.6. The van der Waals surface area contributed by atoms with Gasteiger partial charge in [0.1, 0.15) is 11.5 Å². The van der Waals surface area contributed by atoms with Gasteiger partial charge in [0.2, 0.25) is 11.5 Å². The normalized spacial score (nSPS) is 14.5. The second kappa shape index (κ2) is 23.8. The van der Waals surface area contributed by atoms with Crippen molar-refractivity contribution in [3.8, 4) is 45.5 Å². The number of rotatable bonds is 22. The molecule has 2 N–H and O–H groups in total. The Morgan fingerprint density at radius 1 is 0.614 bits per heavy atom. The summed E-state index contributed by atoms with van der Waals surface area (Å²) in [6.07, 6.45) is 1.89. The van der Waals surface area contributed by atoms with Gasteiger partial charge >= 0.3 is 26.7 Å². The van der Waals surface area contributed by atoms with Gasteiger partial charge in [0.25, 0.3) is 0 Å². The molecule has 0 aliphatic carbocycles. The molecule has 368 valence electrons. The Bertz CT molecular complexity index is 2830. The van der Waals surface area contributed by atoms with Crippen LogP contribution in [0.3, 0.4) is 0 Å². The largest absolute Gasteiger partial charge is 0.448 e. The molecule has 2 fully saturated rings. The molecule has 70 heavy (non-hydrogen) atoms. The van der Waals surface area contributed by atoms with Crippen LogP contribution >= 0.6 is 47.2 Å². The van der Waals surface area contributed by atoms with Crippen LogP contribution in [-0.4, -0.2) is 79.1 Å². The summed E-state index contributed by atoms with van der Waals surface area (Å²) in [5.41, 5.74) is 6.62. The average molecular weight is 1120 g/mol. The number of nitro benzene ring substituents is 2.